The van der Waals surface area contributed by atoms with Crippen molar-refractivity contribution in [2.24, 2.45) is 5.73 Å². The van der Waals surface area contributed by atoms with E-state index >= 15 is 0 Å². The number of nitrogens with one attached hydrogen (secondary N) is 1. The second-order valence-corrected chi connectivity index (χ2v) is 5.44. The fraction of sp³-hybridized carbons (Fsp3) is 0.533. The van der Waals surface area contributed by atoms with Crippen molar-refractivity contribution in [2.45, 2.75) is 19.0 Å². The van der Waals surface area contributed by atoms with E-state index in [1.165, 1.54) is 0 Å². The quantitative estimate of drug-likeness (QED) is 0.836. The molecule has 6 heteroatoms. The number of hydrogen-bond acceptors (Lipinski definition) is 5. The molecule has 1 amide bonds. The van der Waals surface area contributed by atoms with Gasteiger partial charge in [0, 0.05) is 25.7 Å². The summed E-state index contributed by atoms with van der Waals surface area (Å²) in [4.78, 5) is 13.8. The normalized spacial score (nSPS) is 23.6. The summed E-state index contributed by atoms with van der Waals surface area (Å²) in [5.41, 5.74) is 6.62. The number of carbonyl (C=O) groups is 1. The summed E-state index contributed by atoms with van der Waals surface area (Å²) < 4.78 is 11.2. The van der Waals surface area contributed by atoms with Crippen LogP contribution in [0.25, 0.3) is 0 Å². The van der Waals surface area contributed by atoms with E-state index in [-0.39, 0.29) is 18.0 Å². The number of piperazine rings is 1. The maximum Gasteiger partial charge on any atom is 0.236 e. The first-order valence-corrected chi connectivity index (χ1v) is 7.32. The van der Waals surface area contributed by atoms with E-state index in [1.807, 2.05) is 18.2 Å². The summed E-state index contributed by atoms with van der Waals surface area (Å²) >= 11 is 0. The molecule has 1 saturated heterocycles. The van der Waals surface area contributed by atoms with E-state index < -0.39 is 0 Å². The minimum absolute atomic E-state index is 0.0976. The van der Waals surface area contributed by atoms with Crippen molar-refractivity contribution < 1.29 is 14.3 Å². The SMILES string of the molecule is CC(c1ccc2c(c1)OCCO2)N1CCNCC1C(N)=O. The van der Waals surface area contributed by atoms with Crippen LogP contribution in [0.15, 0.2) is 18.2 Å². The number of hydrogen-bond donors (Lipinski definition) is 2. The highest BCUT2D eigenvalue weighted by Crippen LogP contribution is 2.34. The maximum atomic E-state index is 11.6. The van der Waals surface area contributed by atoms with E-state index in [0.717, 1.165) is 30.2 Å². The predicted molar refractivity (Wildman–Crippen MR) is 78.4 cm³/mol. The fourth-order valence-corrected chi connectivity index (χ4v) is 2.96. The van der Waals surface area contributed by atoms with Crippen molar-refractivity contribution in [3.8, 4) is 11.5 Å². The Kier molecular flexibility index (Phi) is 3.98. The number of primary amides is 1. The average molecular weight is 291 g/mol. The lowest BCUT2D eigenvalue weighted by Gasteiger charge is -2.38. The van der Waals surface area contributed by atoms with Gasteiger partial charge in [0.05, 0.1) is 0 Å². The number of nitrogens with two attached hydrogens (primary N) is 1. The molecular weight excluding hydrogens is 270 g/mol. The first-order chi connectivity index (χ1) is 10.2. The third-order valence-electron chi connectivity index (χ3n) is 4.16. The van der Waals surface area contributed by atoms with E-state index in [9.17, 15) is 4.79 Å². The highest BCUT2D eigenvalue weighted by Gasteiger charge is 2.31. The number of fused-ring (bicyclic) bond motifs is 1. The van der Waals surface area contributed by atoms with Crippen molar-refractivity contribution >= 4 is 5.91 Å². The zero-order chi connectivity index (χ0) is 14.8. The molecule has 6 nitrogen and oxygen atoms in total. The Labute approximate surface area is 124 Å². The Balaban J connectivity index is 1.83. The average Bonchev–Trinajstić information content (AvgIpc) is 2.53. The zero-order valence-electron chi connectivity index (χ0n) is 12.2. The lowest BCUT2D eigenvalue weighted by atomic mass is 10.0. The van der Waals surface area contributed by atoms with Crippen molar-refractivity contribution in [3.05, 3.63) is 23.8 Å². The molecule has 21 heavy (non-hydrogen) atoms. The summed E-state index contributed by atoms with van der Waals surface area (Å²) in [5.74, 6) is 1.27. The van der Waals surface area contributed by atoms with Gasteiger partial charge in [-0.25, -0.2) is 0 Å². The van der Waals surface area contributed by atoms with Crippen LogP contribution in [0.3, 0.4) is 0 Å². The van der Waals surface area contributed by atoms with E-state index in [0.29, 0.717) is 19.8 Å². The van der Waals surface area contributed by atoms with Crippen molar-refractivity contribution in [1.29, 1.82) is 0 Å². The number of amides is 1. The van der Waals surface area contributed by atoms with Crippen molar-refractivity contribution in [3.63, 3.8) is 0 Å². The van der Waals surface area contributed by atoms with Gasteiger partial charge in [0.15, 0.2) is 11.5 Å². The summed E-state index contributed by atoms with van der Waals surface area (Å²) in [7, 11) is 0. The first kappa shape index (κ1) is 14.2. The smallest absolute Gasteiger partial charge is 0.236 e. The number of rotatable bonds is 3. The highest BCUT2D eigenvalue weighted by molar-refractivity contribution is 5.80. The molecule has 114 valence electrons. The van der Waals surface area contributed by atoms with Gasteiger partial charge in [0.1, 0.15) is 19.3 Å². The minimum Gasteiger partial charge on any atom is -0.486 e. The molecule has 1 aromatic carbocycles. The Morgan fingerprint density at radius 3 is 2.90 bits per heavy atom. The summed E-state index contributed by atoms with van der Waals surface area (Å²) in [6, 6.07) is 5.78. The third-order valence-corrected chi connectivity index (χ3v) is 4.16. The second-order valence-electron chi connectivity index (χ2n) is 5.44. The van der Waals surface area contributed by atoms with Gasteiger partial charge in [0.2, 0.25) is 5.91 Å². The molecule has 3 rings (SSSR count). The van der Waals surface area contributed by atoms with Crippen LogP contribution in [-0.4, -0.2) is 49.7 Å². The molecule has 2 unspecified atom stereocenters. The summed E-state index contributed by atoms with van der Waals surface area (Å²) in [5, 5.41) is 3.22. The van der Waals surface area contributed by atoms with Crippen LogP contribution < -0.4 is 20.5 Å². The van der Waals surface area contributed by atoms with Gasteiger partial charge in [-0.2, -0.15) is 0 Å². The number of nitrogens with zero attached hydrogens (tertiary/aromatic N) is 1. The Bertz CT molecular complexity index is 535. The van der Waals surface area contributed by atoms with Crippen molar-refractivity contribution in [2.75, 3.05) is 32.8 Å². The number of carbonyl (C=O) groups excluding carboxylic acids is 1. The van der Waals surface area contributed by atoms with Crippen LogP contribution in [-0.2, 0) is 4.79 Å². The molecule has 3 N–H and O–H groups in total. The number of ether oxygens (including phenoxy) is 2. The molecule has 2 atom stereocenters. The molecule has 0 aliphatic carbocycles. The lowest BCUT2D eigenvalue weighted by Crippen LogP contribution is -2.57. The van der Waals surface area contributed by atoms with Gasteiger partial charge in [-0.05, 0) is 24.6 Å². The van der Waals surface area contributed by atoms with Crippen LogP contribution in [0.4, 0.5) is 0 Å². The topological polar surface area (TPSA) is 76.8 Å². The summed E-state index contributed by atoms with van der Waals surface area (Å²) in [6.07, 6.45) is 0. The van der Waals surface area contributed by atoms with Crippen molar-refractivity contribution in [1.82, 2.24) is 10.2 Å². The van der Waals surface area contributed by atoms with Crippen LogP contribution in [0.2, 0.25) is 0 Å². The third kappa shape index (κ3) is 2.82. The molecule has 0 saturated carbocycles. The molecule has 2 aliphatic heterocycles. The molecule has 1 fully saturated rings. The molecule has 0 aromatic heterocycles. The Hall–Kier alpha value is -1.79. The molecule has 1 aromatic rings. The van der Waals surface area contributed by atoms with E-state index in [4.69, 9.17) is 15.2 Å². The molecule has 0 bridgehead atoms. The van der Waals surface area contributed by atoms with Gasteiger partial charge in [-0.1, -0.05) is 6.07 Å². The van der Waals surface area contributed by atoms with E-state index in [1.54, 1.807) is 0 Å². The highest BCUT2D eigenvalue weighted by atomic mass is 16.6. The fourth-order valence-electron chi connectivity index (χ4n) is 2.96. The largest absolute Gasteiger partial charge is 0.486 e. The van der Waals surface area contributed by atoms with Gasteiger partial charge in [-0.3, -0.25) is 9.69 Å². The number of benzene rings is 1. The van der Waals surface area contributed by atoms with Crippen LogP contribution in [0.1, 0.15) is 18.5 Å². The second kappa shape index (κ2) is 5.91. The Morgan fingerprint density at radius 1 is 1.38 bits per heavy atom. The molecular formula is C15H21N3O3. The van der Waals surface area contributed by atoms with Gasteiger partial charge < -0.3 is 20.5 Å². The van der Waals surface area contributed by atoms with E-state index in [2.05, 4.69) is 17.1 Å². The van der Waals surface area contributed by atoms with Crippen LogP contribution >= 0.6 is 0 Å². The van der Waals surface area contributed by atoms with Gasteiger partial charge >= 0.3 is 0 Å². The minimum atomic E-state index is -0.286. The summed E-state index contributed by atoms with van der Waals surface area (Å²) in [6.45, 7) is 5.50. The molecule has 0 spiro atoms. The Morgan fingerprint density at radius 2 is 2.14 bits per heavy atom. The van der Waals surface area contributed by atoms with Gasteiger partial charge in [-0.15, -0.1) is 0 Å². The van der Waals surface area contributed by atoms with Crippen LogP contribution in [0.5, 0.6) is 11.5 Å². The monoisotopic (exact) mass is 291 g/mol. The lowest BCUT2D eigenvalue weighted by molar-refractivity contribution is -0.124. The molecule has 2 heterocycles. The van der Waals surface area contributed by atoms with Gasteiger partial charge in [0.25, 0.3) is 0 Å². The predicted octanol–water partition coefficient (Wildman–Crippen LogP) is 0.278. The zero-order valence-corrected chi connectivity index (χ0v) is 12.2. The molecule has 0 radical (unpaired) electrons. The van der Waals surface area contributed by atoms with Crippen LogP contribution in [0, 0.1) is 0 Å². The molecule has 2 aliphatic rings. The maximum absolute atomic E-state index is 11.6. The first-order valence-electron chi connectivity index (χ1n) is 7.32. The standard InChI is InChI=1S/C15H21N3O3/c1-10(18-5-4-17-9-12(18)15(16)19)11-2-3-13-14(8-11)21-7-6-20-13/h2-3,8,10,12,17H,4-7,9H2,1H3,(H2,16,19).